The second-order valence-corrected chi connectivity index (χ2v) is 11.6. The van der Waals surface area contributed by atoms with E-state index < -0.39 is 0 Å². The van der Waals surface area contributed by atoms with Crippen LogP contribution in [0.3, 0.4) is 0 Å². The summed E-state index contributed by atoms with van der Waals surface area (Å²) in [5.74, 6) is 0.514. The minimum Gasteiger partial charge on any atom is -0.339 e. The minimum absolute atomic E-state index is 0.0106. The molecule has 9 nitrogen and oxygen atoms in total. The van der Waals surface area contributed by atoms with Gasteiger partial charge < -0.3 is 14.6 Å². The fraction of sp³-hybridized carbons (Fsp3) is 0.357. The van der Waals surface area contributed by atoms with E-state index in [0.717, 1.165) is 26.5 Å². The van der Waals surface area contributed by atoms with Gasteiger partial charge in [-0.05, 0) is 54.3 Å². The van der Waals surface area contributed by atoms with Gasteiger partial charge in [-0.1, -0.05) is 29.5 Å². The Morgan fingerprint density at radius 2 is 1.72 bits per heavy atom. The third-order valence-electron chi connectivity index (χ3n) is 6.69. The summed E-state index contributed by atoms with van der Waals surface area (Å²) in [6.07, 6.45) is 1.76. The largest absolute Gasteiger partial charge is 0.339 e. The van der Waals surface area contributed by atoms with E-state index in [1.54, 1.807) is 49.0 Å². The molecule has 1 saturated heterocycles. The summed E-state index contributed by atoms with van der Waals surface area (Å²) in [6.45, 7) is 8.34. The van der Waals surface area contributed by atoms with Gasteiger partial charge in [0, 0.05) is 56.5 Å². The van der Waals surface area contributed by atoms with E-state index in [9.17, 15) is 14.4 Å². The quantitative estimate of drug-likeness (QED) is 0.294. The molecule has 2 N–H and O–H groups in total. The van der Waals surface area contributed by atoms with Crippen molar-refractivity contribution in [2.24, 2.45) is 0 Å². The smallest absolute Gasteiger partial charge is 0.257 e. The SMILES string of the molecule is CONCc1ccc(C(=O)Nc2ncc(SCc3cc(C)c(C)c(C(=O)N4CCN(C(C)=O)CC4)c3)s2)cc1. The number of carbonyl (C=O) groups excluding carboxylic acids is 3. The molecular weight excluding hydrogens is 534 g/mol. The molecule has 0 aliphatic carbocycles. The molecule has 0 atom stereocenters. The number of hydrogen-bond donors (Lipinski definition) is 2. The van der Waals surface area contributed by atoms with Crippen LogP contribution in [0, 0.1) is 13.8 Å². The maximum absolute atomic E-state index is 13.3. The lowest BCUT2D eigenvalue weighted by atomic mass is 9.99. The standard InChI is InChI=1S/C28H33N5O4S2/c1-18-13-22(14-24(19(18)2)27(36)33-11-9-32(10-12-33)20(3)34)17-38-25-16-29-28(39-25)31-26(35)23-7-5-21(6-8-23)15-30-37-4/h5-8,13-14,16,30H,9-12,15,17H2,1-4H3,(H,29,31,35). The molecule has 0 radical (unpaired) electrons. The fourth-order valence-corrected chi connectivity index (χ4v) is 6.07. The van der Waals surface area contributed by atoms with E-state index in [-0.39, 0.29) is 17.7 Å². The number of amides is 3. The summed E-state index contributed by atoms with van der Waals surface area (Å²) in [5, 5.41) is 3.40. The maximum Gasteiger partial charge on any atom is 0.257 e. The number of hydroxylamine groups is 1. The number of aryl methyl sites for hydroxylation is 1. The van der Waals surface area contributed by atoms with Crippen LogP contribution in [-0.4, -0.2) is 65.8 Å². The van der Waals surface area contributed by atoms with Crippen molar-refractivity contribution in [2.75, 3.05) is 38.6 Å². The van der Waals surface area contributed by atoms with Gasteiger partial charge in [0.2, 0.25) is 5.91 Å². The number of anilines is 1. The average Bonchev–Trinajstić information content (AvgIpc) is 3.39. The summed E-state index contributed by atoms with van der Waals surface area (Å²) in [5.41, 5.74) is 8.14. The minimum atomic E-state index is -0.214. The van der Waals surface area contributed by atoms with Gasteiger partial charge in [0.25, 0.3) is 11.8 Å². The van der Waals surface area contributed by atoms with E-state index >= 15 is 0 Å². The topological polar surface area (TPSA) is 104 Å². The number of aromatic nitrogens is 1. The number of nitrogens with zero attached hydrogens (tertiary/aromatic N) is 3. The Morgan fingerprint density at radius 3 is 2.38 bits per heavy atom. The molecule has 0 spiro atoms. The lowest BCUT2D eigenvalue weighted by Crippen LogP contribution is -2.50. The maximum atomic E-state index is 13.3. The number of piperazine rings is 1. The first kappa shape index (κ1) is 28.8. The van der Waals surface area contributed by atoms with E-state index in [2.05, 4.69) is 21.8 Å². The van der Waals surface area contributed by atoms with Gasteiger partial charge in [0.1, 0.15) is 0 Å². The molecule has 3 amide bonds. The molecule has 3 aromatic rings. The van der Waals surface area contributed by atoms with Crippen molar-refractivity contribution in [3.05, 3.63) is 76.0 Å². The average molecular weight is 568 g/mol. The van der Waals surface area contributed by atoms with Crippen molar-refractivity contribution in [3.63, 3.8) is 0 Å². The highest BCUT2D eigenvalue weighted by Crippen LogP contribution is 2.32. The van der Waals surface area contributed by atoms with E-state index in [0.29, 0.717) is 54.7 Å². The zero-order chi connectivity index (χ0) is 27.9. The molecule has 4 rings (SSSR count). The first-order chi connectivity index (χ1) is 18.7. The normalized spacial score (nSPS) is 13.4. The Labute approximate surface area is 236 Å². The van der Waals surface area contributed by atoms with Crippen molar-refractivity contribution in [1.29, 1.82) is 0 Å². The number of benzene rings is 2. The summed E-state index contributed by atoms with van der Waals surface area (Å²) in [7, 11) is 1.56. The first-order valence-electron chi connectivity index (χ1n) is 12.6. The van der Waals surface area contributed by atoms with Crippen LogP contribution in [0.2, 0.25) is 0 Å². The molecule has 1 aliphatic heterocycles. The Bertz CT molecular complexity index is 1330. The van der Waals surface area contributed by atoms with Crippen LogP contribution < -0.4 is 10.8 Å². The van der Waals surface area contributed by atoms with Crippen LogP contribution in [-0.2, 0) is 21.9 Å². The van der Waals surface area contributed by atoms with Crippen molar-refractivity contribution < 1.29 is 19.2 Å². The van der Waals surface area contributed by atoms with E-state index in [1.807, 2.05) is 36.9 Å². The van der Waals surface area contributed by atoms with Crippen molar-refractivity contribution >= 4 is 46.0 Å². The van der Waals surface area contributed by atoms with Gasteiger partial charge in [-0.2, -0.15) is 5.48 Å². The van der Waals surface area contributed by atoms with Crippen LogP contribution in [0.25, 0.3) is 0 Å². The van der Waals surface area contributed by atoms with Crippen LogP contribution in [0.15, 0.2) is 46.8 Å². The summed E-state index contributed by atoms with van der Waals surface area (Å²) < 4.78 is 0.970. The van der Waals surface area contributed by atoms with Gasteiger partial charge in [0.05, 0.1) is 17.5 Å². The van der Waals surface area contributed by atoms with Crippen LogP contribution in [0.1, 0.15) is 49.9 Å². The van der Waals surface area contributed by atoms with Crippen molar-refractivity contribution in [1.82, 2.24) is 20.3 Å². The van der Waals surface area contributed by atoms with Crippen LogP contribution >= 0.6 is 23.1 Å². The second kappa shape index (κ2) is 13.2. The Balaban J connectivity index is 1.35. The Morgan fingerprint density at radius 1 is 1.03 bits per heavy atom. The highest BCUT2D eigenvalue weighted by atomic mass is 32.2. The molecule has 0 unspecified atom stereocenters. The van der Waals surface area contributed by atoms with E-state index in [1.165, 1.54) is 11.3 Å². The molecule has 39 heavy (non-hydrogen) atoms. The first-order valence-corrected chi connectivity index (χ1v) is 14.4. The van der Waals surface area contributed by atoms with E-state index in [4.69, 9.17) is 4.84 Å². The molecule has 2 aromatic carbocycles. The number of carbonyl (C=O) groups is 3. The summed E-state index contributed by atoms with van der Waals surface area (Å²) in [4.78, 5) is 50.4. The third-order valence-corrected chi connectivity index (χ3v) is 8.87. The lowest BCUT2D eigenvalue weighted by Gasteiger charge is -2.34. The number of hydrogen-bond acceptors (Lipinski definition) is 8. The molecule has 1 fully saturated rings. The van der Waals surface area contributed by atoms with Crippen molar-refractivity contribution in [2.45, 2.75) is 37.3 Å². The van der Waals surface area contributed by atoms with Crippen LogP contribution in [0.4, 0.5) is 5.13 Å². The van der Waals surface area contributed by atoms with Crippen LogP contribution in [0.5, 0.6) is 0 Å². The molecule has 11 heteroatoms. The lowest BCUT2D eigenvalue weighted by molar-refractivity contribution is -0.130. The van der Waals surface area contributed by atoms with Gasteiger partial charge in [0.15, 0.2) is 5.13 Å². The third kappa shape index (κ3) is 7.45. The number of nitrogens with one attached hydrogen (secondary N) is 2. The van der Waals surface area contributed by atoms with Crippen molar-refractivity contribution in [3.8, 4) is 0 Å². The zero-order valence-corrected chi connectivity index (χ0v) is 24.2. The zero-order valence-electron chi connectivity index (χ0n) is 22.6. The molecule has 206 valence electrons. The predicted molar refractivity (Wildman–Crippen MR) is 154 cm³/mol. The van der Waals surface area contributed by atoms with Gasteiger partial charge in [-0.25, -0.2) is 4.98 Å². The molecule has 0 bridgehead atoms. The number of thioether (sulfide) groups is 1. The number of rotatable bonds is 9. The predicted octanol–water partition coefficient (Wildman–Crippen LogP) is 4.26. The van der Waals surface area contributed by atoms with Gasteiger partial charge in [-0.15, -0.1) is 11.8 Å². The Hall–Kier alpha value is -3.25. The summed E-state index contributed by atoms with van der Waals surface area (Å²) >= 11 is 3.04. The molecular formula is C28H33N5O4S2. The monoisotopic (exact) mass is 567 g/mol. The number of thiazole rings is 1. The molecule has 1 aliphatic rings. The second-order valence-electron chi connectivity index (χ2n) is 9.33. The highest BCUT2D eigenvalue weighted by molar-refractivity contribution is 8.00. The Kier molecular flexibility index (Phi) is 9.73. The molecule has 0 saturated carbocycles. The summed E-state index contributed by atoms with van der Waals surface area (Å²) in [6, 6.07) is 11.4. The fourth-order valence-electron chi connectivity index (χ4n) is 4.27. The van der Waals surface area contributed by atoms with Gasteiger partial charge in [-0.3, -0.25) is 19.7 Å². The highest BCUT2D eigenvalue weighted by Gasteiger charge is 2.25. The molecule has 1 aromatic heterocycles. The van der Waals surface area contributed by atoms with Gasteiger partial charge >= 0.3 is 0 Å². The molecule has 2 heterocycles.